The number of hydrogen-bond donors (Lipinski definition) is 1. The lowest BCUT2D eigenvalue weighted by molar-refractivity contribution is 0.160. The molecule has 1 aromatic rings. The first-order valence-corrected chi connectivity index (χ1v) is 7.71. The average Bonchev–Trinajstić information content (AvgIpc) is 2.84. The van der Waals surface area contributed by atoms with Gasteiger partial charge >= 0.3 is 0 Å². The lowest BCUT2D eigenvalue weighted by Crippen LogP contribution is -2.00. The monoisotopic (exact) mass is 302 g/mol. The van der Waals surface area contributed by atoms with Crippen molar-refractivity contribution in [3.05, 3.63) is 20.3 Å². The van der Waals surface area contributed by atoms with Crippen molar-refractivity contribution in [3.63, 3.8) is 0 Å². The van der Waals surface area contributed by atoms with Crippen LogP contribution in [0.5, 0.6) is 0 Å². The summed E-state index contributed by atoms with van der Waals surface area (Å²) in [6.07, 6.45) is 7.36. The molecule has 1 N–H and O–H groups in total. The summed E-state index contributed by atoms with van der Waals surface area (Å²) in [5.41, 5.74) is 0. The Balaban J connectivity index is 1.87. The second-order valence-electron chi connectivity index (χ2n) is 4.81. The van der Waals surface area contributed by atoms with Crippen LogP contribution in [0, 0.1) is 12.8 Å². The standard InChI is InChI=1S/C13H19BrOS/c1-9-8-11(14)13(16-9)12(15)7-6-10-4-2-3-5-10/h8,10,12,15H,2-7H2,1H3. The van der Waals surface area contributed by atoms with Gasteiger partial charge in [-0.2, -0.15) is 0 Å². The average molecular weight is 303 g/mol. The Labute approximate surface area is 110 Å². The maximum atomic E-state index is 10.2. The fourth-order valence-corrected chi connectivity index (χ4v) is 4.49. The van der Waals surface area contributed by atoms with Crippen molar-refractivity contribution < 1.29 is 5.11 Å². The minimum atomic E-state index is -0.270. The van der Waals surface area contributed by atoms with E-state index in [1.54, 1.807) is 11.3 Å². The van der Waals surface area contributed by atoms with Gasteiger partial charge in [0.05, 0.1) is 6.10 Å². The van der Waals surface area contributed by atoms with Crippen LogP contribution >= 0.6 is 27.3 Å². The number of halogens is 1. The highest BCUT2D eigenvalue weighted by Gasteiger charge is 2.19. The van der Waals surface area contributed by atoms with Crippen LogP contribution < -0.4 is 0 Å². The lowest BCUT2D eigenvalue weighted by atomic mass is 9.99. The van der Waals surface area contributed by atoms with E-state index in [0.717, 1.165) is 21.7 Å². The van der Waals surface area contributed by atoms with E-state index in [4.69, 9.17) is 0 Å². The maximum absolute atomic E-state index is 10.2. The van der Waals surface area contributed by atoms with Crippen LogP contribution in [0.2, 0.25) is 0 Å². The predicted molar refractivity (Wildman–Crippen MR) is 72.9 cm³/mol. The van der Waals surface area contributed by atoms with Gasteiger partial charge < -0.3 is 5.11 Å². The Morgan fingerprint density at radius 2 is 2.19 bits per heavy atom. The van der Waals surface area contributed by atoms with Gasteiger partial charge in [-0.1, -0.05) is 25.7 Å². The second kappa shape index (κ2) is 5.65. The molecule has 1 heterocycles. The third kappa shape index (κ3) is 3.08. The van der Waals surface area contributed by atoms with Crippen molar-refractivity contribution in [2.75, 3.05) is 0 Å². The van der Waals surface area contributed by atoms with Crippen molar-refractivity contribution in [2.45, 2.75) is 51.6 Å². The highest BCUT2D eigenvalue weighted by Crippen LogP contribution is 2.36. The van der Waals surface area contributed by atoms with E-state index in [9.17, 15) is 5.11 Å². The van der Waals surface area contributed by atoms with Gasteiger partial charge in [-0.3, -0.25) is 0 Å². The Kier molecular flexibility index (Phi) is 4.45. The number of rotatable bonds is 4. The summed E-state index contributed by atoms with van der Waals surface area (Å²) in [6, 6.07) is 2.10. The smallest absolute Gasteiger partial charge is 0.0893 e. The zero-order chi connectivity index (χ0) is 11.5. The van der Waals surface area contributed by atoms with Crippen molar-refractivity contribution >= 4 is 27.3 Å². The van der Waals surface area contributed by atoms with Gasteiger partial charge in [0.1, 0.15) is 0 Å². The first-order chi connectivity index (χ1) is 7.66. The molecule has 0 spiro atoms. The van der Waals surface area contributed by atoms with Crippen LogP contribution in [0.15, 0.2) is 10.5 Å². The highest BCUT2D eigenvalue weighted by molar-refractivity contribution is 9.10. The zero-order valence-corrected chi connectivity index (χ0v) is 12.1. The minimum Gasteiger partial charge on any atom is -0.388 e. The van der Waals surface area contributed by atoms with Crippen molar-refractivity contribution in [1.29, 1.82) is 0 Å². The predicted octanol–water partition coefficient (Wildman–Crippen LogP) is 4.82. The molecule has 0 aliphatic heterocycles. The van der Waals surface area contributed by atoms with Gasteiger partial charge in [0.2, 0.25) is 0 Å². The Hall–Kier alpha value is 0.140. The molecule has 90 valence electrons. The molecule has 1 saturated carbocycles. The number of aliphatic hydroxyl groups is 1. The summed E-state index contributed by atoms with van der Waals surface area (Å²) in [4.78, 5) is 2.37. The van der Waals surface area contributed by atoms with Crippen LogP contribution in [0.4, 0.5) is 0 Å². The molecule has 1 aliphatic carbocycles. The summed E-state index contributed by atoms with van der Waals surface area (Å²) in [5.74, 6) is 0.870. The van der Waals surface area contributed by atoms with E-state index in [1.807, 2.05) is 0 Å². The third-order valence-corrected chi connectivity index (χ3v) is 5.53. The SMILES string of the molecule is Cc1cc(Br)c(C(O)CCC2CCCC2)s1. The van der Waals surface area contributed by atoms with E-state index in [-0.39, 0.29) is 6.10 Å². The van der Waals surface area contributed by atoms with E-state index < -0.39 is 0 Å². The number of aliphatic hydroxyl groups excluding tert-OH is 1. The molecule has 1 atom stereocenters. The van der Waals surface area contributed by atoms with Crippen molar-refractivity contribution in [1.82, 2.24) is 0 Å². The maximum Gasteiger partial charge on any atom is 0.0893 e. The number of hydrogen-bond acceptors (Lipinski definition) is 2. The summed E-state index contributed by atoms with van der Waals surface area (Å²) >= 11 is 5.23. The number of aryl methyl sites for hydroxylation is 1. The van der Waals surface area contributed by atoms with Gasteiger partial charge in [-0.25, -0.2) is 0 Å². The van der Waals surface area contributed by atoms with Gasteiger partial charge in [0.25, 0.3) is 0 Å². The third-order valence-electron chi connectivity index (χ3n) is 3.46. The minimum absolute atomic E-state index is 0.270. The molecule has 0 amide bonds. The number of thiophene rings is 1. The van der Waals surface area contributed by atoms with Crippen LogP contribution in [-0.4, -0.2) is 5.11 Å². The van der Waals surface area contributed by atoms with E-state index >= 15 is 0 Å². The Bertz CT molecular complexity index is 342. The normalized spacial score (nSPS) is 19.2. The van der Waals surface area contributed by atoms with Crippen molar-refractivity contribution in [2.24, 2.45) is 5.92 Å². The van der Waals surface area contributed by atoms with E-state index in [1.165, 1.54) is 37.0 Å². The van der Waals surface area contributed by atoms with Gasteiger partial charge in [-0.15, -0.1) is 11.3 Å². The van der Waals surface area contributed by atoms with E-state index in [2.05, 4.69) is 28.9 Å². The topological polar surface area (TPSA) is 20.2 Å². The molecule has 1 fully saturated rings. The molecule has 0 bridgehead atoms. The second-order valence-corrected chi connectivity index (χ2v) is 6.96. The fraction of sp³-hybridized carbons (Fsp3) is 0.692. The lowest BCUT2D eigenvalue weighted by Gasteiger charge is -2.13. The molecule has 1 aliphatic rings. The molecule has 1 unspecified atom stereocenters. The van der Waals surface area contributed by atoms with Crippen LogP contribution in [-0.2, 0) is 0 Å². The summed E-state index contributed by atoms with van der Waals surface area (Å²) in [7, 11) is 0. The van der Waals surface area contributed by atoms with Gasteiger partial charge in [0.15, 0.2) is 0 Å². The van der Waals surface area contributed by atoms with Crippen LogP contribution in [0.1, 0.15) is 54.4 Å². The summed E-state index contributed by atoms with van der Waals surface area (Å²) in [6.45, 7) is 2.09. The molecule has 16 heavy (non-hydrogen) atoms. The van der Waals surface area contributed by atoms with Gasteiger partial charge in [-0.05, 0) is 47.7 Å². The first kappa shape index (κ1) is 12.6. The highest BCUT2D eigenvalue weighted by atomic mass is 79.9. The molecular formula is C13H19BrOS. The zero-order valence-electron chi connectivity index (χ0n) is 9.71. The van der Waals surface area contributed by atoms with E-state index in [0.29, 0.717) is 0 Å². The molecule has 3 heteroatoms. The summed E-state index contributed by atoms with van der Waals surface area (Å²) < 4.78 is 1.08. The molecule has 0 aromatic carbocycles. The van der Waals surface area contributed by atoms with Crippen LogP contribution in [0.3, 0.4) is 0 Å². The van der Waals surface area contributed by atoms with Gasteiger partial charge in [0, 0.05) is 14.2 Å². The van der Waals surface area contributed by atoms with Crippen LogP contribution in [0.25, 0.3) is 0 Å². The molecule has 2 rings (SSSR count). The molecular weight excluding hydrogens is 284 g/mol. The van der Waals surface area contributed by atoms with Crippen molar-refractivity contribution in [3.8, 4) is 0 Å². The quantitative estimate of drug-likeness (QED) is 0.845. The summed E-state index contributed by atoms with van der Waals surface area (Å²) in [5, 5.41) is 10.2. The Morgan fingerprint density at radius 1 is 1.50 bits per heavy atom. The largest absolute Gasteiger partial charge is 0.388 e. The molecule has 1 aromatic heterocycles. The molecule has 1 nitrogen and oxygen atoms in total. The Morgan fingerprint density at radius 3 is 2.75 bits per heavy atom. The first-order valence-electron chi connectivity index (χ1n) is 6.10. The molecule has 0 saturated heterocycles. The fourth-order valence-electron chi connectivity index (χ4n) is 2.55. The molecule has 0 radical (unpaired) electrons.